The monoisotopic (exact) mass is 256 g/mol. The summed E-state index contributed by atoms with van der Waals surface area (Å²) >= 11 is 0. The minimum Gasteiger partial charge on any atom is -0.497 e. The summed E-state index contributed by atoms with van der Waals surface area (Å²) in [5.41, 5.74) is 2.33. The van der Waals surface area contributed by atoms with Crippen LogP contribution in [0, 0.1) is 0 Å². The number of rotatable bonds is 4. The number of nitrogens with zero attached hydrogens (tertiary/aromatic N) is 2. The predicted molar refractivity (Wildman–Crippen MR) is 75.8 cm³/mol. The zero-order chi connectivity index (χ0) is 13.2. The summed E-state index contributed by atoms with van der Waals surface area (Å²) in [5.74, 6) is 1.75. The van der Waals surface area contributed by atoms with E-state index in [0.29, 0.717) is 0 Å². The molecule has 4 nitrogen and oxygen atoms in total. The van der Waals surface area contributed by atoms with Gasteiger partial charge in [0.15, 0.2) is 0 Å². The molecule has 0 N–H and O–H groups in total. The quantitative estimate of drug-likeness (QED) is 0.785. The molecule has 1 fully saturated rings. The van der Waals surface area contributed by atoms with Crippen LogP contribution in [-0.4, -0.2) is 20.9 Å². The molecule has 1 aliphatic rings. The molecule has 3 rings (SSSR count). The fourth-order valence-electron chi connectivity index (χ4n) is 2.05. The molecule has 0 spiro atoms. The lowest BCUT2D eigenvalue weighted by atomic mass is 10.3. The molecule has 0 bridgehead atoms. The minimum absolute atomic E-state index is 0.876. The molecule has 19 heavy (non-hydrogen) atoms. The molecule has 2 aromatic carbocycles. The van der Waals surface area contributed by atoms with E-state index in [1.807, 2.05) is 24.3 Å². The van der Waals surface area contributed by atoms with E-state index < -0.39 is 0 Å². The summed E-state index contributed by atoms with van der Waals surface area (Å²) in [6.07, 6.45) is 0. The Morgan fingerprint density at radius 3 is 1.37 bits per heavy atom. The molecular weight excluding hydrogens is 240 g/mol. The highest BCUT2D eigenvalue weighted by atomic mass is 16.5. The van der Waals surface area contributed by atoms with Gasteiger partial charge < -0.3 is 9.47 Å². The number of hydrazine groups is 1. The summed E-state index contributed by atoms with van der Waals surface area (Å²) < 4.78 is 10.3. The Morgan fingerprint density at radius 1 is 0.684 bits per heavy atom. The van der Waals surface area contributed by atoms with Crippen LogP contribution in [0.2, 0.25) is 0 Å². The molecule has 0 radical (unpaired) electrons. The van der Waals surface area contributed by atoms with E-state index in [0.717, 1.165) is 29.5 Å². The number of benzene rings is 2. The van der Waals surface area contributed by atoms with Gasteiger partial charge in [0.1, 0.15) is 18.2 Å². The first kappa shape index (κ1) is 11.7. The van der Waals surface area contributed by atoms with Gasteiger partial charge in [-0.05, 0) is 48.5 Å². The molecule has 0 aliphatic carbocycles. The van der Waals surface area contributed by atoms with Crippen LogP contribution in [0.25, 0.3) is 0 Å². The van der Waals surface area contributed by atoms with Crippen molar-refractivity contribution in [3.05, 3.63) is 48.5 Å². The maximum absolute atomic E-state index is 5.16. The van der Waals surface area contributed by atoms with Crippen LogP contribution in [0.4, 0.5) is 11.4 Å². The van der Waals surface area contributed by atoms with Gasteiger partial charge in [-0.3, -0.25) is 10.0 Å². The summed E-state index contributed by atoms with van der Waals surface area (Å²) in [4.78, 5) is 0. The SMILES string of the molecule is COc1ccc(N2CN2c2ccc(OC)cc2)cc1. The van der Waals surface area contributed by atoms with Gasteiger partial charge in [-0.2, -0.15) is 0 Å². The largest absolute Gasteiger partial charge is 0.497 e. The summed E-state index contributed by atoms with van der Waals surface area (Å²) in [6, 6.07) is 16.1. The fraction of sp³-hybridized carbons (Fsp3) is 0.200. The van der Waals surface area contributed by atoms with Gasteiger partial charge in [0.05, 0.1) is 25.6 Å². The van der Waals surface area contributed by atoms with Crippen molar-refractivity contribution in [3.8, 4) is 11.5 Å². The Morgan fingerprint density at radius 2 is 1.05 bits per heavy atom. The molecule has 0 aromatic heterocycles. The van der Waals surface area contributed by atoms with Gasteiger partial charge in [-0.15, -0.1) is 0 Å². The molecule has 1 aliphatic heterocycles. The van der Waals surface area contributed by atoms with E-state index in [2.05, 4.69) is 34.3 Å². The lowest BCUT2D eigenvalue weighted by molar-refractivity contribution is 0.414. The van der Waals surface area contributed by atoms with Gasteiger partial charge in [-0.25, -0.2) is 0 Å². The Kier molecular flexibility index (Phi) is 2.91. The zero-order valence-electron chi connectivity index (χ0n) is 11.0. The van der Waals surface area contributed by atoms with Crippen LogP contribution in [0.1, 0.15) is 0 Å². The topological polar surface area (TPSA) is 24.5 Å². The molecule has 1 heterocycles. The lowest BCUT2D eigenvalue weighted by Gasteiger charge is -2.09. The van der Waals surface area contributed by atoms with Crippen molar-refractivity contribution in [1.29, 1.82) is 0 Å². The maximum atomic E-state index is 5.16. The molecule has 1 saturated heterocycles. The molecule has 0 amide bonds. The Hall–Kier alpha value is -2.36. The Labute approximate surface area is 112 Å². The molecule has 4 heteroatoms. The van der Waals surface area contributed by atoms with Gasteiger partial charge in [0.2, 0.25) is 0 Å². The number of hydrogen-bond donors (Lipinski definition) is 0. The van der Waals surface area contributed by atoms with Crippen molar-refractivity contribution < 1.29 is 9.47 Å². The minimum atomic E-state index is 0.876. The molecule has 2 aromatic rings. The number of anilines is 2. The number of methoxy groups -OCH3 is 2. The third-order valence-corrected chi connectivity index (χ3v) is 3.22. The van der Waals surface area contributed by atoms with Crippen LogP contribution < -0.4 is 19.5 Å². The first-order chi connectivity index (χ1) is 9.31. The second-order valence-electron chi connectivity index (χ2n) is 4.34. The molecule has 0 unspecified atom stereocenters. The van der Waals surface area contributed by atoms with Gasteiger partial charge in [-0.1, -0.05) is 0 Å². The third kappa shape index (κ3) is 2.29. The highest BCUT2D eigenvalue weighted by Crippen LogP contribution is 2.33. The van der Waals surface area contributed by atoms with E-state index in [-0.39, 0.29) is 0 Å². The van der Waals surface area contributed by atoms with Crippen molar-refractivity contribution in [2.24, 2.45) is 0 Å². The molecular formula is C15H16N2O2. The van der Waals surface area contributed by atoms with Crippen molar-refractivity contribution in [2.45, 2.75) is 0 Å². The van der Waals surface area contributed by atoms with Crippen LogP contribution >= 0.6 is 0 Å². The third-order valence-electron chi connectivity index (χ3n) is 3.22. The average Bonchev–Trinajstić information content (AvgIpc) is 3.28. The highest BCUT2D eigenvalue weighted by Gasteiger charge is 2.31. The smallest absolute Gasteiger partial charge is 0.130 e. The summed E-state index contributed by atoms with van der Waals surface area (Å²) in [7, 11) is 3.35. The van der Waals surface area contributed by atoms with Gasteiger partial charge >= 0.3 is 0 Å². The second kappa shape index (κ2) is 4.72. The van der Waals surface area contributed by atoms with Crippen molar-refractivity contribution in [2.75, 3.05) is 30.9 Å². The Balaban J connectivity index is 1.72. The molecule has 0 saturated carbocycles. The first-order valence-electron chi connectivity index (χ1n) is 6.15. The fourth-order valence-corrected chi connectivity index (χ4v) is 2.05. The predicted octanol–water partition coefficient (Wildman–Crippen LogP) is 2.90. The Bertz CT molecular complexity index is 500. The van der Waals surface area contributed by atoms with Crippen molar-refractivity contribution in [3.63, 3.8) is 0 Å². The van der Waals surface area contributed by atoms with Crippen LogP contribution in [0.3, 0.4) is 0 Å². The number of ether oxygens (including phenoxy) is 2. The second-order valence-corrected chi connectivity index (χ2v) is 4.34. The van der Waals surface area contributed by atoms with Crippen molar-refractivity contribution in [1.82, 2.24) is 0 Å². The normalized spacial score (nSPS) is 13.4. The summed E-state index contributed by atoms with van der Waals surface area (Å²) in [5, 5.41) is 4.39. The molecule has 98 valence electrons. The van der Waals surface area contributed by atoms with Crippen LogP contribution in [0.5, 0.6) is 11.5 Å². The van der Waals surface area contributed by atoms with Crippen molar-refractivity contribution >= 4 is 11.4 Å². The van der Waals surface area contributed by atoms with E-state index in [4.69, 9.17) is 9.47 Å². The van der Waals surface area contributed by atoms with Gasteiger partial charge in [0, 0.05) is 0 Å². The maximum Gasteiger partial charge on any atom is 0.130 e. The first-order valence-corrected chi connectivity index (χ1v) is 6.15. The van der Waals surface area contributed by atoms with E-state index in [9.17, 15) is 0 Å². The summed E-state index contributed by atoms with van der Waals surface area (Å²) in [6.45, 7) is 0.901. The average molecular weight is 256 g/mol. The standard InChI is InChI=1S/C15H16N2O2/c1-18-14-7-3-12(4-8-14)16-11-17(16)13-5-9-15(19-2)10-6-13/h3-10H,11H2,1-2H3. The number of hydrogen-bond acceptors (Lipinski definition) is 4. The van der Waals surface area contributed by atoms with Gasteiger partial charge in [0.25, 0.3) is 0 Å². The highest BCUT2D eigenvalue weighted by molar-refractivity contribution is 5.67. The zero-order valence-corrected chi connectivity index (χ0v) is 11.0. The van der Waals surface area contributed by atoms with Crippen LogP contribution in [-0.2, 0) is 0 Å². The lowest BCUT2D eigenvalue weighted by Crippen LogP contribution is -2.03. The van der Waals surface area contributed by atoms with E-state index in [1.54, 1.807) is 14.2 Å². The molecule has 0 atom stereocenters. The van der Waals surface area contributed by atoms with E-state index >= 15 is 0 Å². The van der Waals surface area contributed by atoms with E-state index in [1.165, 1.54) is 0 Å². The van der Waals surface area contributed by atoms with Crippen LogP contribution in [0.15, 0.2) is 48.5 Å².